The van der Waals surface area contributed by atoms with E-state index < -0.39 is 0 Å². The average molecular weight is 131 g/mol. The SMILES string of the molecule is CSN1CCC[C@H]1C. The van der Waals surface area contributed by atoms with Crippen molar-refractivity contribution in [1.29, 1.82) is 0 Å². The third-order valence-corrected chi connectivity index (χ3v) is 2.74. The van der Waals surface area contributed by atoms with Crippen LogP contribution in [0.2, 0.25) is 0 Å². The van der Waals surface area contributed by atoms with Gasteiger partial charge in [0.25, 0.3) is 0 Å². The first kappa shape index (κ1) is 6.43. The maximum Gasteiger partial charge on any atom is 0.0174 e. The highest BCUT2D eigenvalue weighted by molar-refractivity contribution is 7.96. The van der Waals surface area contributed by atoms with Gasteiger partial charge in [0.05, 0.1) is 0 Å². The zero-order chi connectivity index (χ0) is 5.98. The van der Waals surface area contributed by atoms with Crippen LogP contribution in [0.15, 0.2) is 0 Å². The van der Waals surface area contributed by atoms with Crippen LogP contribution in [-0.4, -0.2) is 23.1 Å². The first-order valence-electron chi connectivity index (χ1n) is 3.15. The van der Waals surface area contributed by atoms with Crippen molar-refractivity contribution in [3.05, 3.63) is 0 Å². The van der Waals surface area contributed by atoms with Crippen molar-refractivity contribution >= 4 is 11.9 Å². The molecule has 1 heterocycles. The normalized spacial score (nSPS) is 31.5. The van der Waals surface area contributed by atoms with Crippen molar-refractivity contribution in [3.8, 4) is 0 Å². The topological polar surface area (TPSA) is 3.24 Å². The van der Waals surface area contributed by atoms with Crippen molar-refractivity contribution in [2.75, 3.05) is 12.8 Å². The summed E-state index contributed by atoms with van der Waals surface area (Å²) in [5.74, 6) is 0. The highest BCUT2D eigenvalue weighted by atomic mass is 32.2. The second kappa shape index (κ2) is 2.74. The van der Waals surface area contributed by atoms with Crippen molar-refractivity contribution in [1.82, 2.24) is 4.31 Å². The Morgan fingerprint density at radius 1 is 1.62 bits per heavy atom. The molecule has 0 aromatic heterocycles. The molecular weight excluding hydrogens is 118 g/mol. The molecule has 1 nitrogen and oxygen atoms in total. The predicted molar refractivity (Wildman–Crippen MR) is 38.9 cm³/mol. The Hall–Kier alpha value is 0.310. The van der Waals surface area contributed by atoms with Crippen molar-refractivity contribution < 1.29 is 0 Å². The highest BCUT2D eigenvalue weighted by Crippen LogP contribution is 2.22. The maximum absolute atomic E-state index is 2.44. The minimum absolute atomic E-state index is 0.824. The number of hydrogen-bond acceptors (Lipinski definition) is 2. The van der Waals surface area contributed by atoms with Gasteiger partial charge < -0.3 is 0 Å². The Morgan fingerprint density at radius 2 is 2.38 bits per heavy atom. The Bertz CT molecular complexity index is 74.9. The van der Waals surface area contributed by atoms with Gasteiger partial charge in [-0.25, -0.2) is 4.31 Å². The van der Waals surface area contributed by atoms with Crippen LogP contribution >= 0.6 is 11.9 Å². The summed E-state index contributed by atoms with van der Waals surface area (Å²) in [5.41, 5.74) is 0. The standard InChI is InChI=1S/C6H13NS/c1-6-4-3-5-7(6)8-2/h6H,3-5H2,1-2H3/t6-/m1/s1. The van der Waals surface area contributed by atoms with Crippen LogP contribution in [-0.2, 0) is 0 Å². The van der Waals surface area contributed by atoms with Gasteiger partial charge in [-0.05, 0) is 26.0 Å². The summed E-state index contributed by atoms with van der Waals surface area (Å²) in [5, 5.41) is 0. The zero-order valence-corrected chi connectivity index (χ0v) is 6.37. The van der Waals surface area contributed by atoms with E-state index in [4.69, 9.17) is 0 Å². The first-order chi connectivity index (χ1) is 3.84. The molecule has 48 valence electrons. The summed E-state index contributed by atoms with van der Waals surface area (Å²) in [7, 11) is 0. The van der Waals surface area contributed by atoms with E-state index in [1.54, 1.807) is 0 Å². The average Bonchev–Trinajstić information content (AvgIpc) is 2.14. The lowest BCUT2D eigenvalue weighted by atomic mass is 10.3. The van der Waals surface area contributed by atoms with Gasteiger partial charge in [0.2, 0.25) is 0 Å². The van der Waals surface area contributed by atoms with Gasteiger partial charge in [-0.1, -0.05) is 11.9 Å². The second-order valence-electron chi connectivity index (χ2n) is 2.31. The molecule has 0 aromatic carbocycles. The van der Waals surface area contributed by atoms with Gasteiger partial charge in [0.15, 0.2) is 0 Å². The third-order valence-electron chi connectivity index (χ3n) is 1.73. The van der Waals surface area contributed by atoms with Crippen LogP contribution in [0.5, 0.6) is 0 Å². The van der Waals surface area contributed by atoms with E-state index in [0.717, 1.165) is 6.04 Å². The molecule has 0 radical (unpaired) electrons. The lowest BCUT2D eigenvalue weighted by Gasteiger charge is -2.15. The Morgan fingerprint density at radius 3 is 2.62 bits per heavy atom. The molecule has 0 saturated carbocycles. The largest absolute Gasteiger partial charge is 0.248 e. The van der Waals surface area contributed by atoms with E-state index in [9.17, 15) is 0 Å². The molecule has 0 bridgehead atoms. The monoisotopic (exact) mass is 131 g/mol. The van der Waals surface area contributed by atoms with Gasteiger partial charge >= 0.3 is 0 Å². The fourth-order valence-electron chi connectivity index (χ4n) is 1.18. The summed E-state index contributed by atoms with van der Waals surface area (Å²) in [6, 6.07) is 0.824. The number of nitrogens with zero attached hydrogens (tertiary/aromatic N) is 1. The lowest BCUT2D eigenvalue weighted by molar-refractivity contribution is 0.469. The molecular formula is C6H13NS. The molecule has 0 spiro atoms. The quantitative estimate of drug-likeness (QED) is 0.499. The molecule has 1 aliphatic rings. The van der Waals surface area contributed by atoms with Crippen LogP contribution in [0.4, 0.5) is 0 Å². The van der Waals surface area contributed by atoms with E-state index in [2.05, 4.69) is 17.5 Å². The summed E-state index contributed by atoms with van der Waals surface area (Å²) in [6.45, 7) is 3.59. The maximum atomic E-state index is 2.44. The van der Waals surface area contributed by atoms with Crippen molar-refractivity contribution in [2.45, 2.75) is 25.8 Å². The predicted octanol–water partition coefficient (Wildman–Crippen LogP) is 1.75. The Labute approximate surface area is 55.6 Å². The van der Waals surface area contributed by atoms with Gasteiger partial charge in [0.1, 0.15) is 0 Å². The fraction of sp³-hybridized carbons (Fsp3) is 1.00. The molecule has 1 fully saturated rings. The molecule has 2 heteroatoms. The molecule has 0 N–H and O–H groups in total. The molecule has 0 aromatic rings. The van der Waals surface area contributed by atoms with E-state index >= 15 is 0 Å². The molecule has 8 heavy (non-hydrogen) atoms. The molecule has 0 unspecified atom stereocenters. The highest BCUT2D eigenvalue weighted by Gasteiger charge is 2.18. The van der Waals surface area contributed by atoms with Crippen LogP contribution in [0.3, 0.4) is 0 Å². The van der Waals surface area contributed by atoms with Crippen LogP contribution in [0.1, 0.15) is 19.8 Å². The van der Waals surface area contributed by atoms with E-state index in [1.165, 1.54) is 19.4 Å². The first-order valence-corrected chi connectivity index (χ1v) is 4.33. The number of rotatable bonds is 1. The summed E-state index contributed by atoms with van der Waals surface area (Å²) >= 11 is 1.87. The minimum atomic E-state index is 0.824. The van der Waals surface area contributed by atoms with Crippen LogP contribution in [0.25, 0.3) is 0 Å². The summed E-state index contributed by atoms with van der Waals surface area (Å²) in [6.07, 6.45) is 4.94. The molecule has 1 saturated heterocycles. The van der Waals surface area contributed by atoms with Crippen molar-refractivity contribution in [3.63, 3.8) is 0 Å². The lowest BCUT2D eigenvalue weighted by Crippen LogP contribution is -2.17. The van der Waals surface area contributed by atoms with Crippen LogP contribution in [0, 0.1) is 0 Å². The second-order valence-corrected chi connectivity index (χ2v) is 3.15. The Kier molecular flexibility index (Phi) is 2.20. The molecule has 0 amide bonds. The molecule has 0 aliphatic carbocycles. The minimum Gasteiger partial charge on any atom is -0.248 e. The van der Waals surface area contributed by atoms with Crippen LogP contribution < -0.4 is 0 Å². The third kappa shape index (κ3) is 1.17. The molecule has 1 atom stereocenters. The zero-order valence-electron chi connectivity index (χ0n) is 5.55. The van der Waals surface area contributed by atoms with E-state index in [-0.39, 0.29) is 0 Å². The smallest absolute Gasteiger partial charge is 0.0174 e. The van der Waals surface area contributed by atoms with E-state index in [1.807, 2.05) is 11.9 Å². The molecule has 1 aliphatic heterocycles. The fourth-order valence-corrected chi connectivity index (χ4v) is 1.96. The summed E-state index contributed by atoms with van der Waals surface area (Å²) < 4.78 is 2.44. The van der Waals surface area contributed by atoms with E-state index in [0.29, 0.717) is 0 Å². The van der Waals surface area contributed by atoms with Gasteiger partial charge in [-0.2, -0.15) is 0 Å². The summed E-state index contributed by atoms with van der Waals surface area (Å²) in [4.78, 5) is 0. The molecule has 1 rings (SSSR count). The number of hydrogen-bond donors (Lipinski definition) is 0. The van der Waals surface area contributed by atoms with Gasteiger partial charge in [-0.3, -0.25) is 0 Å². The van der Waals surface area contributed by atoms with Gasteiger partial charge in [0, 0.05) is 12.6 Å². The van der Waals surface area contributed by atoms with Gasteiger partial charge in [-0.15, -0.1) is 0 Å². The Balaban J connectivity index is 2.30. The van der Waals surface area contributed by atoms with Crippen molar-refractivity contribution in [2.24, 2.45) is 0 Å².